The first-order valence-corrected chi connectivity index (χ1v) is 7.92. The van der Waals surface area contributed by atoms with Gasteiger partial charge in [-0.25, -0.2) is 0 Å². The SMILES string of the molecule is CCNc1nnc(C(=O)NCC2(N(C)C)CCCC2)s1. The Morgan fingerprint density at radius 2 is 2.05 bits per heavy atom. The summed E-state index contributed by atoms with van der Waals surface area (Å²) in [6.07, 6.45) is 4.74. The molecule has 0 atom stereocenters. The van der Waals surface area contributed by atoms with Gasteiger partial charge in [0.15, 0.2) is 0 Å². The third-order valence-corrected chi connectivity index (χ3v) is 4.89. The summed E-state index contributed by atoms with van der Waals surface area (Å²) in [6.45, 7) is 3.44. The fourth-order valence-electron chi connectivity index (χ4n) is 2.67. The van der Waals surface area contributed by atoms with Crippen LogP contribution in [0.3, 0.4) is 0 Å². The van der Waals surface area contributed by atoms with Gasteiger partial charge in [0, 0.05) is 18.6 Å². The molecule has 2 rings (SSSR count). The van der Waals surface area contributed by atoms with E-state index in [0.29, 0.717) is 16.7 Å². The molecule has 1 heterocycles. The summed E-state index contributed by atoms with van der Waals surface area (Å²) < 4.78 is 0. The summed E-state index contributed by atoms with van der Waals surface area (Å²) in [5.74, 6) is -0.125. The molecule has 1 fully saturated rings. The second kappa shape index (κ2) is 6.49. The summed E-state index contributed by atoms with van der Waals surface area (Å²) in [6, 6.07) is 0. The number of amides is 1. The lowest BCUT2D eigenvalue weighted by molar-refractivity contribution is 0.0899. The molecule has 0 radical (unpaired) electrons. The molecule has 0 aliphatic heterocycles. The van der Waals surface area contributed by atoms with Gasteiger partial charge in [-0.15, -0.1) is 10.2 Å². The van der Waals surface area contributed by atoms with Crippen LogP contribution in [0.15, 0.2) is 0 Å². The lowest BCUT2D eigenvalue weighted by Gasteiger charge is -2.36. The second-order valence-corrected chi connectivity index (χ2v) is 6.43. The Labute approximate surface area is 124 Å². The van der Waals surface area contributed by atoms with Crippen molar-refractivity contribution in [1.82, 2.24) is 20.4 Å². The Balaban J connectivity index is 1.93. The summed E-state index contributed by atoms with van der Waals surface area (Å²) in [7, 11) is 4.18. The highest BCUT2D eigenvalue weighted by molar-refractivity contribution is 7.17. The lowest BCUT2D eigenvalue weighted by Crippen LogP contribution is -2.50. The molecule has 112 valence electrons. The third kappa shape index (κ3) is 3.27. The van der Waals surface area contributed by atoms with E-state index in [1.54, 1.807) is 0 Å². The number of hydrogen-bond donors (Lipinski definition) is 2. The van der Waals surface area contributed by atoms with Gasteiger partial charge in [-0.3, -0.25) is 4.79 Å². The zero-order valence-electron chi connectivity index (χ0n) is 12.4. The van der Waals surface area contributed by atoms with Crippen LogP contribution in [0, 0.1) is 0 Å². The van der Waals surface area contributed by atoms with Crippen LogP contribution in [0.2, 0.25) is 0 Å². The van der Waals surface area contributed by atoms with Crippen molar-refractivity contribution < 1.29 is 4.79 Å². The lowest BCUT2D eigenvalue weighted by atomic mass is 9.96. The van der Waals surface area contributed by atoms with Crippen molar-refractivity contribution >= 4 is 22.4 Å². The number of anilines is 1. The Morgan fingerprint density at radius 3 is 2.65 bits per heavy atom. The number of aromatic nitrogens is 2. The van der Waals surface area contributed by atoms with E-state index in [2.05, 4.69) is 39.8 Å². The van der Waals surface area contributed by atoms with Crippen LogP contribution in [0.4, 0.5) is 5.13 Å². The van der Waals surface area contributed by atoms with Crippen molar-refractivity contribution in [3.8, 4) is 0 Å². The molecule has 1 aromatic heterocycles. The molecule has 6 nitrogen and oxygen atoms in total. The molecule has 0 aromatic carbocycles. The minimum absolute atomic E-state index is 0.102. The fourth-order valence-corrected chi connectivity index (χ4v) is 3.40. The molecule has 1 aliphatic carbocycles. The molecule has 1 amide bonds. The minimum atomic E-state index is -0.125. The molecule has 20 heavy (non-hydrogen) atoms. The standard InChI is InChI=1S/C13H23N5OS/c1-4-14-12-17-16-11(20-12)10(19)15-9-13(18(2)3)7-5-6-8-13/h4-9H2,1-3H3,(H,14,17)(H,15,19). The molecule has 0 spiro atoms. The highest BCUT2D eigenvalue weighted by Crippen LogP contribution is 2.33. The average Bonchev–Trinajstić information content (AvgIpc) is 3.06. The van der Waals surface area contributed by atoms with Gasteiger partial charge in [0.25, 0.3) is 5.91 Å². The normalized spacial score (nSPS) is 17.4. The number of likely N-dealkylation sites (N-methyl/N-ethyl adjacent to an activating group) is 1. The van der Waals surface area contributed by atoms with Crippen LogP contribution in [0.25, 0.3) is 0 Å². The number of nitrogens with one attached hydrogen (secondary N) is 2. The van der Waals surface area contributed by atoms with Gasteiger partial charge >= 0.3 is 0 Å². The van der Waals surface area contributed by atoms with Crippen LogP contribution in [-0.4, -0.2) is 53.7 Å². The van der Waals surface area contributed by atoms with Crippen LogP contribution < -0.4 is 10.6 Å². The molecule has 2 N–H and O–H groups in total. The smallest absolute Gasteiger partial charge is 0.282 e. The maximum absolute atomic E-state index is 12.1. The predicted molar refractivity (Wildman–Crippen MR) is 81.3 cm³/mol. The maximum atomic E-state index is 12.1. The largest absolute Gasteiger partial charge is 0.360 e. The van der Waals surface area contributed by atoms with E-state index in [4.69, 9.17) is 0 Å². The average molecular weight is 297 g/mol. The van der Waals surface area contributed by atoms with Crippen molar-refractivity contribution in [2.45, 2.75) is 38.1 Å². The summed E-state index contributed by atoms with van der Waals surface area (Å²) >= 11 is 1.30. The van der Waals surface area contributed by atoms with E-state index in [9.17, 15) is 4.79 Å². The first-order valence-electron chi connectivity index (χ1n) is 7.10. The number of carbonyl (C=O) groups excluding carboxylic acids is 1. The van der Waals surface area contributed by atoms with E-state index in [-0.39, 0.29) is 11.4 Å². The van der Waals surface area contributed by atoms with Gasteiger partial charge < -0.3 is 15.5 Å². The van der Waals surface area contributed by atoms with Crippen LogP contribution >= 0.6 is 11.3 Å². The molecular weight excluding hydrogens is 274 g/mol. The zero-order chi connectivity index (χ0) is 14.6. The zero-order valence-corrected chi connectivity index (χ0v) is 13.2. The molecule has 0 unspecified atom stereocenters. The second-order valence-electron chi connectivity index (χ2n) is 5.45. The molecule has 0 saturated heterocycles. The van der Waals surface area contributed by atoms with Crippen molar-refractivity contribution in [3.05, 3.63) is 5.01 Å². The molecule has 1 aliphatic rings. The van der Waals surface area contributed by atoms with E-state index in [1.807, 2.05) is 6.92 Å². The number of rotatable bonds is 6. The van der Waals surface area contributed by atoms with E-state index in [1.165, 1.54) is 24.2 Å². The molecule has 0 bridgehead atoms. The monoisotopic (exact) mass is 297 g/mol. The van der Waals surface area contributed by atoms with Gasteiger partial charge in [0.1, 0.15) is 0 Å². The molecule has 1 saturated carbocycles. The number of nitrogens with zero attached hydrogens (tertiary/aromatic N) is 3. The van der Waals surface area contributed by atoms with Gasteiger partial charge in [-0.1, -0.05) is 24.2 Å². The van der Waals surface area contributed by atoms with Crippen LogP contribution in [-0.2, 0) is 0 Å². The quantitative estimate of drug-likeness (QED) is 0.834. The van der Waals surface area contributed by atoms with E-state index >= 15 is 0 Å². The first-order chi connectivity index (χ1) is 9.57. The fraction of sp³-hybridized carbons (Fsp3) is 0.769. The van der Waals surface area contributed by atoms with Crippen LogP contribution in [0.1, 0.15) is 42.4 Å². The third-order valence-electron chi connectivity index (χ3n) is 4.01. The minimum Gasteiger partial charge on any atom is -0.360 e. The van der Waals surface area contributed by atoms with Crippen molar-refractivity contribution in [3.63, 3.8) is 0 Å². The maximum Gasteiger partial charge on any atom is 0.282 e. The highest BCUT2D eigenvalue weighted by Gasteiger charge is 2.36. The van der Waals surface area contributed by atoms with Gasteiger partial charge in [0.2, 0.25) is 10.1 Å². The van der Waals surface area contributed by atoms with Gasteiger partial charge in [-0.05, 0) is 33.9 Å². The van der Waals surface area contributed by atoms with Gasteiger partial charge in [-0.2, -0.15) is 0 Å². The number of carbonyl (C=O) groups is 1. The Hall–Kier alpha value is -1.21. The van der Waals surface area contributed by atoms with E-state index in [0.717, 1.165) is 19.4 Å². The van der Waals surface area contributed by atoms with Gasteiger partial charge in [0.05, 0.1) is 0 Å². The first kappa shape index (κ1) is 15.2. The summed E-state index contributed by atoms with van der Waals surface area (Å²) in [5.41, 5.74) is 0.102. The number of hydrogen-bond acceptors (Lipinski definition) is 6. The Kier molecular flexibility index (Phi) is 4.93. The van der Waals surface area contributed by atoms with Crippen molar-refractivity contribution in [2.75, 3.05) is 32.5 Å². The summed E-state index contributed by atoms with van der Waals surface area (Å²) in [4.78, 5) is 14.4. The topological polar surface area (TPSA) is 70.1 Å². The van der Waals surface area contributed by atoms with Crippen molar-refractivity contribution in [1.29, 1.82) is 0 Å². The molecule has 1 aromatic rings. The van der Waals surface area contributed by atoms with Crippen molar-refractivity contribution in [2.24, 2.45) is 0 Å². The Bertz CT molecular complexity index is 453. The van der Waals surface area contributed by atoms with Crippen LogP contribution in [0.5, 0.6) is 0 Å². The summed E-state index contributed by atoms with van der Waals surface area (Å²) in [5, 5.41) is 15.1. The van der Waals surface area contributed by atoms with E-state index < -0.39 is 0 Å². The Morgan fingerprint density at radius 1 is 1.35 bits per heavy atom. The molecule has 7 heteroatoms. The molecular formula is C13H23N5OS. The highest BCUT2D eigenvalue weighted by atomic mass is 32.1. The predicted octanol–water partition coefficient (Wildman–Crippen LogP) is 1.57.